The van der Waals surface area contributed by atoms with Crippen molar-refractivity contribution in [2.24, 2.45) is 0 Å². The van der Waals surface area contributed by atoms with Crippen LogP contribution in [0.25, 0.3) is 10.2 Å². The molecule has 3 aromatic rings. The topological polar surface area (TPSA) is 34.2 Å². The Bertz CT molecular complexity index is 736. The fourth-order valence-corrected chi connectivity index (χ4v) is 2.92. The van der Waals surface area contributed by atoms with Gasteiger partial charge in [0.1, 0.15) is 12.4 Å². The van der Waals surface area contributed by atoms with E-state index in [2.05, 4.69) is 41.5 Å². The average Bonchev–Trinajstić information content (AvgIpc) is 2.87. The Kier molecular flexibility index (Phi) is 3.56. The first-order valence-corrected chi connectivity index (χ1v) is 7.33. The average molecular weight is 284 g/mol. The normalized spacial score (nSPS) is 10.7. The van der Waals surface area contributed by atoms with E-state index >= 15 is 0 Å². The summed E-state index contributed by atoms with van der Waals surface area (Å²) in [5.74, 6) is 0.880. The number of hydrogen-bond donors (Lipinski definition) is 1. The van der Waals surface area contributed by atoms with Gasteiger partial charge in [0.05, 0.1) is 10.2 Å². The molecule has 0 atom stereocenters. The molecule has 1 heterocycles. The fraction of sp³-hybridized carbons (Fsp3) is 0.188. The van der Waals surface area contributed by atoms with Crippen LogP contribution in [0.4, 0.5) is 5.13 Å². The maximum absolute atomic E-state index is 5.86. The van der Waals surface area contributed by atoms with Crippen LogP contribution in [-0.4, -0.2) is 12.0 Å². The highest BCUT2D eigenvalue weighted by molar-refractivity contribution is 7.22. The Morgan fingerprint density at radius 3 is 2.90 bits per heavy atom. The van der Waals surface area contributed by atoms with Gasteiger partial charge in [0.2, 0.25) is 0 Å². The fourth-order valence-electron chi connectivity index (χ4n) is 2.07. The summed E-state index contributed by atoms with van der Waals surface area (Å²) in [6, 6.07) is 14.4. The van der Waals surface area contributed by atoms with Gasteiger partial charge in [0, 0.05) is 7.05 Å². The molecule has 0 spiro atoms. The first-order valence-electron chi connectivity index (χ1n) is 6.51. The quantitative estimate of drug-likeness (QED) is 0.778. The summed E-state index contributed by atoms with van der Waals surface area (Å²) in [5, 5.41) is 3.99. The molecule has 20 heavy (non-hydrogen) atoms. The van der Waals surface area contributed by atoms with Crippen LogP contribution >= 0.6 is 11.3 Å². The molecule has 4 heteroatoms. The van der Waals surface area contributed by atoms with Crippen molar-refractivity contribution in [2.45, 2.75) is 13.5 Å². The molecule has 0 saturated heterocycles. The van der Waals surface area contributed by atoms with Gasteiger partial charge in [-0.25, -0.2) is 4.98 Å². The number of hydrogen-bond acceptors (Lipinski definition) is 4. The molecule has 0 amide bonds. The van der Waals surface area contributed by atoms with E-state index in [9.17, 15) is 0 Å². The van der Waals surface area contributed by atoms with Crippen LogP contribution in [0.3, 0.4) is 0 Å². The van der Waals surface area contributed by atoms with Crippen molar-refractivity contribution in [2.75, 3.05) is 12.4 Å². The van der Waals surface area contributed by atoms with E-state index in [1.54, 1.807) is 11.3 Å². The van der Waals surface area contributed by atoms with Crippen LogP contribution in [-0.2, 0) is 6.61 Å². The van der Waals surface area contributed by atoms with Crippen molar-refractivity contribution in [1.29, 1.82) is 0 Å². The van der Waals surface area contributed by atoms with Crippen molar-refractivity contribution >= 4 is 26.7 Å². The summed E-state index contributed by atoms with van der Waals surface area (Å²) >= 11 is 1.63. The molecule has 2 aromatic carbocycles. The van der Waals surface area contributed by atoms with Gasteiger partial charge in [-0.3, -0.25) is 0 Å². The van der Waals surface area contributed by atoms with Gasteiger partial charge in [0.15, 0.2) is 5.13 Å². The lowest BCUT2D eigenvalue weighted by atomic mass is 10.1. The molecule has 0 aliphatic heterocycles. The number of aryl methyl sites for hydroxylation is 1. The minimum Gasteiger partial charge on any atom is -0.489 e. The van der Waals surface area contributed by atoms with Crippen molar-refractivity contribution in [3.63, 3.8) is 0 Å². The lowest BCUT2D eigenvalue weighted by Gasteiger charge is -2.06. The second kappa shape index (κ2) is 5.51. The van der Waals surface area contributed by atoms with E-state index in [1.807, 2.05) is 25.2 Å². The van der Waals surface area contributed by atoms with E-state index in [4.69, 9.17) is 4.74 Å². The van der Waals surface area contributed by atoms with Crippen LogP contribution in [0.5, 0.6) is 5.75 Å². The molecule has 0 aliphatic rings. The number of aromatic nitrogens is 1. The minimum atomic E-state index is 0.588. The molecular weight excluding hydrogens is 268 g/mol. The summed E-state index contributed by atoms with van der Waals surface area (Å²) in [6.45, 7) is 2.68. The molecule has 102 valence electrons. The first kappa shape index (κ1) is 12.9. The molecule has 0 saturated carbocycles. The summed E-state index contributed by atoms with van der Waals surface area (Å²) < 4.78 is 6.99. The van der Waals surface area contributed by atoms with Gasteiger partial charge in [-0.05, 0) is 30.7 Å². The van der Waals surface area contributed by atoms with Gasteiger partial charge in [0.25, 0.3) is 0 Å². The number of anilines is 1. The van der Waals surface area contributed by atoms with E-state index < -0.39 is 0 Å². The number of nitrogens with one attached hydrogen (secondary N) is 1. The molecule has 1 N–H and O–H groups in total. The van der Waals surface area contributed by atoms with Gasteiger partial charge < -0.3 is 10.1 Å². The van der Waals surface area contributed by atoms with Gasteiger partial charge in [-0.1, -0.05) is 41.2 Å². The van der Waals surface area contributed by atoms with E-state index in [0.29, 0.717) is 6.61 Å². The van der Waals surface area contributed by atoms with Gasteiger partial charge >= 0.3 is 0 Å². The second-order valence-electron chi connectivity index (χ2n) is 4.68. The maximum Gasteiger partial charge on any atom is 0.183 e. The molecule has 1 aromatic heterocycles. The van der Waals surface area contributed by atoms with Crippen LogP contribution in [0.1, 0.15) is 11.1 Å². The van der Waals surface area contributed by atoms with Crippen molar-refractivity contribution in [3.05, 3.63) is 53.6 Å². The molecule has 0 bridgehead atoms. The second-order valence-corrected chi connectivity index (χ2v) is 5.71. The van der Waals surface area contributed by atoms with Crippen molar-refractivity contribution < 1.29 is 4.74 Å². The molecule has 0 aliphatic carbocycles. The summed E-state index contributed by atoms with van der Waals surface area (Å²) in [5.41, 5.74) is 3.44. The Labute approximate surface area is 122 Å². The number of benzene rings is 2. The van der Waals surface area contributed by atoms with Crippen LogP contribution in [0.2, 0.25) is 0 Å². The monoisotopic (exact) mass is 284 g/mol. The highest BCUT2D eigenvalue weighted by Gasteiger charge is 2.04. The molecular formula is C16H16N2OS. The largest absolute Gasteiger partial charge is 0.489 e. The highest BCUT2D eigenvalue weighted by atomic mass is 32.1. The minimum absolute atomic E-state index is 0.588. The lowest BCUT2D eigenvalue weighted by molar-refractivity contribution is 0.306. The van der Waals surface area contributed by atoms with E-state index in [1.165, 1.54) is 11.1 Å². The zero-order valence-corrected chi connectivity index (χ0v) is 12.3. The third kappa shape index (κ3) is 2.75. The van der Waals surface area contributed by atoms with Crippen LogP contribution < -0.4 is 10.1 Å². The number of fused-ring (bicyclic) bond motifs is 1. The van der Waals surface area contributed by atoms with E-state index in [-0.39, 0.29) is 0 Å². The van der Waals surface area contributed by atoms with E-state index in [0.717, 1.165) is 21.1 Å². The summed E-state index contributed by atoms with van der Waals surface area (Å²) in [7, 11) is 1.88. The SMILES string of the molecule is CNc1nc2ccc(OCc3cccc(C)c3)cc2s1. The summed E-state index contributed by atoms with van der Waals surface area (Å²) in [6.07, 6.45) is 0. The Balaban J connectivity index is 1.77. The molecule has 3 nitrogen and oxygen atoms in total. The predicted octanol–water partition coefficient (Wildman–Crippen LogP) is 4.23. The van der Waals surface area contributed by atoms with Crippen molar-refractivity contribution in [1.82, 2.24) is 4.98 Å². The number of rotatable bonds is 4. The number of ether oxygens (including phenoxy) is 1. The highest BCUT2D eigenvalue weighted by Crippen LogP contribution is 2.29. The lowest BCUT2D eigenvalue weighted by Crippen LogP contribution is -1.95. The number of thiazole rings is 1. The van der Waals surface area contributed by atoms with Gasteiger partial charge in [-0.2, -0.15) is 0 Å². The molecule has 0 fully saturated rings. The third-order valence-electron chi connectivity index (χ3n) is 3.06. The summed E-state index contributed by atoms with van der Waals surface area (Å²) in [4.78, 5) is 4.45. The zero-order valence-electron chi connectivity index (χ0n) is 11.5. The molecule has 0 unspecified atom stereocenters. The Hall–Kier alpha value is -2.07. The van der Waals surface area contributed by atoms with Gasteiger partial charge in [-0.15, -0.1) is 0 Å². The van der Waals surface area contributed by atoms with Crippen LogP contribution in [0.15, 0.2) is 42.5 Å². The predicted molar refractivity (Wildman–Crippen MR) is 84.7 cm³/mol. The Morgan fingerprint density at radius 1 is 1.20 bits per heavy atom. The number of nitrogens with zero attached hydrogens (tertiary/aromatic N) is 1. The standard InChI is InChI=1S/C16H16N2OS/c1-11-4-3-5-12(8-11)10-19-13-6-7-14-15(9-13)20-16(17-2)18-14/h3-9H,10H2,1-2H3,(H,17,18). The first-order chi connectivity index (χ1) is 9.74. The molecule has 3 rings (SSSR count). The zero-order chi connectivity index (χ0) is 13.9. The smallest absolute Gasteiger partial charge is 0.183 e. The molecule has 0 radical (unpaired) electrons. The van der Waals surface area contributed by atoms with Crippen LogP contribution in [0, 0.1) is 6.92 Å². The maximum atomic E-state index is 5.86. The van der Waals surface area contributed by atoms with Crippen molar-refractivity contribution in [3.8, 4) is 5.75 Å². The Morgan fingerprint density at radius 2 is 2.10 bits per heavy atom. The third-order valence-corrected chi connectivity index (χ3v) is 4.10.